The smallest absolute Gasteiger partial charge is 0.360 e. The average Bonchev–Trinajstić information content (AvgIpc) is 2.30. The number of carbonyl (C=O) groups is 1. The third kappa shape index (κ3) is 1.42. The van der Waals surface area contributed by atoms with E-state index in [4.69, 9.17) is 10.2 Å². The van der Waals surface area contributed by atoms with Crippen molar-refractivity contribution in [3.05, 3.63) is 40.2 Å². The Morgan fingerprint density at radius 3 is 2.75 bits per heavy atom. The first kappa shape index (κ1) is 10.2. The minimum absolute atomic E-state index is 0.0503. The van der Waals surface area contributed by atoms with E-state index in [9.17, 15) is 9.59 Å². The van der Waals surface area contributed by atoms with E-state index >= 15 is 0 Å². The first-order valence-corrected chi connectivity index (χ1v) is 4.54. The lowest BCUT2D eigenvalue weighted by atomic mass is 10.1. The molecule has 0 fully saturated rings. The van der Waals surface area contributed by atoms with Crippen LogP contribution in [0.25, 0.3) is 11.0 Å². The van der Waals surface area contributed by atoms with Crippen molar-refractivity contribution >= 4 is 22.6 Å². The van der Waals surface area contributed by atoms with Crippen molar-refractivity contribution in [2.24, 2.45) is 0 Å². The third-order valence-electron chi connectivity index (χ3n) is 2.24. The topological polar surface area (TPSA) is 82.5 Å². The van der Waals surface area contributed by atoms with Crippen LogP contribution in [-0.2, 0) is 4.74 Å². The summed E-state index contributed by atoms with van der Waals surface area (Å²) in [5.74, 6) is -0.651. The fourth-order valence-electron chi connectivity index (χ4n) is 1.49. The van der Waals surface area contributed by atoms with Gasteiger partial charge in [0.25, 0.3) is 0 Å². The van der Waals surface area contributed by atoms with Gasteiger partial charge in [-0.2, -0.15) is 0 Å². The van der Waals surface area contributed by atoms with Gasteiger partial charge in [-0.1, -0.05) is 18.2 Å². The van der Waals surface area contributed by atoms with Gasteiger partial charge in [-0.3, -0.25) is 0 Å². The summed E-state index contributed by atoms with van der Waals surface area (Å²) in [5.41, 5.74) is 4.91. The molecule has 1 heterocycles. The Kier molecular flexibility index (Phi) is 2.36. The average molecular weight is 219 g/mol. The number of hydrogen-bond acceptors (Lipinski definition) is 5. The van der Waals surface area contributed by atoms with Crippen molar-refractivity contribution in [1.82, 2.24) is 0 Å². The summed E-state index contributed by atoms with van der Waals surface area (Å²) in [6.07, 6.45) is 0. The van der Waals surface area contributed by atoms with E-state index in [0.717, 1.165) is 0 Å². The summed E-state index contributed by atoms with van der Waals surface area (Å²) in [5, 5.41) is 0.464. The van der Waals surface area contributed by atoms with Crippen LogP contribution >= 0.6 is 0 Å². The Morgan fingerprint density at radius 2 is 2.06 bits per heavy atom. The number of esters is 1. The third-order valence-corrected chi connectivity index (χ3v) is 2.24. The van der Waals surface area contributed by atoms with E-state index in [1.165, 1.54) is 7.11 Å². The largest absolute Gasteiger partial charge is 0.465 e. The number of rotatable bonds is 1. The molecule has 0 aliphatic rings. The summed E-state index contributed by atoms with van der Waals surface area (Å²) < 4.78 is 9.52. The number of nitrogens with two attached hydrogens (primary N) is 1. The number of ether oxygens (including phenoxy) is 1. The SMILES string of the molecule is COC(=O)c1c(N)c(=O)oc2ccccc12. The molecule has 2 N–H and O–H groups in total. The number of benzene rings is 1. The highest BCUT2D eigenvalue weighted by Crippen LogP contribution is 2.21. The van der Waals surface area contributed by atoms with Crippen molar-refractivity contribution in [2.75, 3.05) is 12.8 Å². The Hall–Kier alpha value is -2.30. The van der Waals surface area contributed by atoms with Crippen molar-refractivity contribution in [1.29, 1.82) is 0 Å². The van der Waals surface area contributed by atoms with Gasteiger partial charge in [-0.25, -0.2) is 9.59 Å². The summed E-state index contributed by atoms with van der Waals surface area (Å²) in [4.78, 5) is 22.9. The Labute approximate surface area is 90.4 Å². The van der Waals surface area contributed by atoms with E-state index in [0.29, 0.717) is 11.0 Å². The van der Waals surface area contributed by atoms with Crippen LogP contribution in [0.15, 0.2) is 33.5 Å². The second-order valence-electron chi connectivity index (χ2n) is 3.17. The molecule has 0 spiro atoms. The molecule has 5 heteroatoms. The standard InChI is InChI=1S/C11H9NO4/c1-15-10(13)8-6-4-2-3-5-7(6)16-11(14)9(8)12/h2-5H,12H2,1H3. The number of hydrogen-bond donors (Lipinski definition) is 1. The minimum Gasteiger partial charge on any atom is -0.465 e. The zero-order valence-corrected chi connectivity index (χ0v) is 8.52. The fraction of sp³-hybridized carbons (Fsp3) is 0.0909. The van der Waals surface area contributed by atoms with E-state index in [-0.39, 0.29) is 11.3 Å². The zero-order chi connectivity index (χ0) is 11.7. The molecule has 0 atom stereocenters. The fourth-order valence-corrected chi connectivity index (χ4v) is 1.49. The quantitative estimate of drug-likeness (QED) is 0.574. The van der Waals surface area contributed by atoms with E-state index in [2.05, 4.69) is 4.74 Å². The van der Waals surface area contributed by atoms with Crippen LogP contribution in [0.5, 0.6) is 0 Å². The summed E-state index contributed by atoms with van der Waals surface area (Å²) in [7, 11) is 1.23. The van der Waals surface area contributed by atoms with Gasteiger partial charge in [0.15, 0.2) is 0 Å². The predicted octanol–water partition coefficient (Wildman–Crippen LogP) is 1.16. The Morgan fingerprint density at radius 1 is 1.38 bits per heavy atom. The highest BCUT2D eigenvalue weighted by molar-refractivity contribution is 6.07. The molecule has 0 saturated carbocycles. The van der Waals surface area contributed by atoms with E-state index < -0.39 is 11.6 Å². The number of para-hydroxylation sites is 1. The Bertz CT molecular complexity index is 615. The molecule has 0 aliphatic heterocycles. The molecular formula is C11H9NO4. The van der Waals surface area contributed by atoms with Crippen LogP contribution in [0.4, 0.5) is 5.69 Å². The van der Waals surface area contributed by atoms with Gasteiger partial charge in [0, 0.05) is 5.39 Å². The lowest BCUT2D eigenvalue weighted by molar-refractivity contribution is 0.0603. The van der Waals surface area contributed by atoms with Crippen molar-refractivity contribution in [3.63, 3.8) is 0 Å². The predicted molar refractivity (Wildman–Crippen MR) is 58.2 cm³/mol. The second kappa shape index (κ2) is 3.69. The molecule has 5 nitrogen and oxygen atoms in total. The van der Waals surface area contributed by atoms with E-state index in [1.54, 1.807) is 24.3 Å². The van der Waals surface area contributed by atoms with Crippen LogP contribution in [0.1, 0.15) is 10.4 Å². The molecule has 0 bridgehead atoms. The monoisotopic (exact) mass is 219 g/mol. The van der Waals surface area contributed by atoms with Crippen LogP contribution in [-0.4, -0.2) is 13.1 Å². The minimum atomic E-state index is -0.737. The molecule has 82 valence electrons. The molecule has 0 amide bonds. The van der Waals surface area contributed by atoms with Crippen LogP contribution < -0.4 is 11.4 Å². The molecule has 2 aromatic rings. The van der Waals surface area contributed by atoms with Crippen LogP contribution in [0, 0.1) is 0 Å². The van der Waals surface area contributed by atoms with Gasteiger partial charge >= 0.3 is 11.6 Å². The van der Waals surface area contributed by atoms with Gasteiger partial charge in [0.1, 0.15) is 16.8 Å². The van der Waals surface area contributed by atoms with Gasteiger partial charge < -0.3 is 14.9 Å². The number of methoxy groups -OCH3 is 1. The zero-order valence-electron chi connectivity index (χ0n) is 8.52. The molecule has 0 unspecified atom stereocenters. The first-order valence-electron chi connectivity index (χ1n) is 4.54. The Balaban J connectivity index is 2.92. The second-order valence-corrected chi connectivity index (χ2v) is 3.17. The van der Waals surface area contributed by atoms with Gasteiger partial charge in [-0.05, 0) is 6.07 Å². The maximum absolute atomic E-state index is 11.5. The maximum Gasteiger partial charge on any atom is 0.360 e. The maximum atomic E-state index is 11.5. The summed E-state index contributed by atoms with van der Waals surface area (Å²) >= 11 is 0. The molecule has 0 radical (unpaired) electrons. The molecule has 0 aliphatic carbocycles. The van der Waals surface area contributed by atoms with Gasteiger partial charge in [-0.15, -0.1) is 0 Å². The highest BCUT2D eigenvalue weighted by atomic mass is 16.5. The molecule has 1 aromatic heterocycles. The number of carbonyl (C=O) groups excluding carboxylic acids is 1. The highest BCUT2D eigenvalue weighted by Gasteiger charge is 2.18. The van der Waals surface area contributed by atoms with Crippen LogP contribution in [0.2, 0.25) is 0 Å². The van der Waals surface area contributed by atoms with Crippen LogP contribution in [0.3, 0.4) is 0 Å². The molecular weight excluding hydrogens is 210 g/mol. The molecule has 1 aromatic carbocycles. The molecule has 0 saturated heterocycles. The normalized spacial score (nSPS) is 10.3. The van der Waals surface area contributed by atoms with E-state index in [1.807, 2.05) is 0 Å². The molecule has 16 heavy (non-hydrogen) atoms. The number of nitrogen functional groups attached to an aromatic ring is 1. The first-order chi connectivity index (χ1) is 7.65. The lowest BCUT2D eigenvalue weighted by Crippen LogP contribution is -2.15. The number of fused-ring (bicyclic) bond motifs is 1. The van der Waals surface area contributed by atoms with Crippen molar-refractivity contribution in [2.45, 2.75) is 0 Å². The van der Waals surface area contributed by atoms with Gasteiger partial charge in [0.05, 0.1) is 7.11 Å². The summed E-state index contributed by atoms with van der Waals surface area (Å²) in [6, 6.07) is 6.64. The molecule has 2 rings (SSSR count). The lowest BCUT2D eigenvalue weighted by Gasteiger charge is -2.05. The number of anilines is 1. The van der Waals surface area contributed by atoms with Crippen molar-refractivity contribution < 1.29 is 13.9 Å². The summed E-state index contributed by atoms with van der Waals surface area (Å²) in [6.45, 7) is 0. The van der Waals surface area contributed by atoms with Crippen molar-refractivity contribution in [3.8, 4) is 0 Å². The van der Waals surface area contributed by atoms with Gasteiger partial charge in [0.2, 0.25) is 0 Å².